The summed E-state index contributed by atoms with van der Waals surface area (Å²) < 4.78 is 40.2. The van der Waals surface area contributed by atoms with E-state index in [1.165, 1.54) is 24.1 Å². The molecule has 2 aliphatic heterocycles. The molecular weight excluding hydrogens is 516 g/mol. The molecule has 4 rings (SSSR count). The summed E-state index contributed by atoms with van der Waals surface area (Å²) in [6.45, 7) is 7.61. The number of nitriles is 1. The van der Waals surface area contributed by atoms with Crippen molar-refractivity contribution in [1.29, 1.82) is 5.26 Å². The molecule has 2 aromatic carbocycles. The second kappa shape index (κ2) is 11.9. The summed E-state index contributed by atoms with van der Waals surface area (Å²) in [5.74, 6) is -1.07. The number of carbonyl (C=O) groups excluding carboxylic acids is 2. The van der Waals surface area contributed by atoms with Crippen molar-refractivity contribution < 1.29 is 27.8 Å². The van der Waals surface area contributed by atoms with E-state index in [2.05, 4.69) is 11.0 Å². The van der Waals surface area contributed by atoms with Crippen LogP contribution >= 0.6 is 0 Å². The second-order valence-corrected chi connectivity index (χ2v) is 11.6. The van der Waals surface area contributed by atoms with Crippen molar-refractivity contribution in [3.05, 3.63) is 53.3 Å². The lowest BCUT2D eigenvalue weighted by molar-refractivity contribution is -0.151. The van der Waals surface area contributed by atoms with Gasteiger partial charge in [-0.3, -0.25) is 4.79 Å². The van der Waals surface area contributed by atoms with Crippen LogP contribution in [0.15, 0.2) is 36.4 Å². The van der Waals surface area contributed by atoms with E-state index in [0.717, 1.165) is 25.9 Å². The van der Waals surface area contributed by atoms with Gasteiger partial charge in [0.1, 0.15) is 22.8 Å². The molecule has 0 unspecified atom stereocenters. The van der Waals surface area contributed by atoms with E-state index < -0.39 is 28.9 Å². The third-order valence-corrected chi connectivity index (χ3v) is 7.93. The highest BCUT2D eigenvalue weighted by molar-refractivity contribution is 6.04. The molecule has 1 amide bonds. The predicted octanol–water partition coefficient (Wildman–Crippen LogP) is 5.37. The largest absolute Gasteiger partial charge is 0.493 e. The lowest BCUT2D eigenvalue weighted by Crippen LogP contribution is -2.51. The zero-order valence-corrected chi connectivity index (χ0v) is 23.6. The lowest BCUT2D eigenvalue weighted by Gasteiger charge is -2.34. The van der Waals surface area contributed by atoms with Gasteiger partial charge in [0.05, 0.1) is 30.9 Å². The molecule has 0 N–H and O–H groups in total. The Kier molecular flexibility index (Phi) is 8.79. The summed E-state index contributed by atoms with van der Waals surface area (Å²) in [5, 5.41) is 9.95. The number of nitrogens with zero attached hydrogens (tertiary/aromatic N) is 3. The van der Waals surface area contributed by atoms with Crippen LogP contribution in [0.5, 0.6) is 5.75 Å². The van der Waals surface area contributed by atoms with Crippen LogP contribution in [0.2, 0.25) is 0 Å². The third kappa shape index (κ3) is 6.28. The maximum Gasteiger partial charge on any atom is 0.331 e. The van der Waals surface area contributed by atoms with Crippen molar-refractivity contribution >= 4 is 11.9 Å². The summed E-state index contributed by atoms with van der Waals surface area (Å²) in [5.41, 5.74) is -1.68. The highest BCUT2D eigenvalue weighted by Gasteiger charge is 2.47. The molecular formula is C31H37F2N3O4. The zero-order chi connectivity index (χ0) is 29.1. The molecule has 0 bridgehead atoms. The van der Waals surface area contributed by atoms with Crippen LogP contribution in [0.4, 0.5) is 8.78 Å². The van der Waals surface area contributed by atoms with E-state index >= 15 is 4.39 Å². The molecule has 0 aliphatic carbocycles. The Bertz CT molecular complexity index is 1290. The Morgan fingerprint density at radius 1 is 1.15 bits per heavy atom. The molecule has 2 saturated heterocycles. The third-order valence-electron chi connectivity index (χ3n) is 7.93. The summed E-state index contributed by atoms with van der Waals surface area (Å²) in [6, 6.07) is 11.4. The molecule has 0 aromatic heterocycles. The van der Waals surface area contributed by atoms with E-state index in [-0.39, 0.29) is 16.7 Å². The first-order chi connectivity index (χ1) is 19.0. The van der Waals surface area contributed by atoms with E-state index in [0.29, 0.717) is 49.8 Å². The fourth-order valence-electron chi connectivity index (χ4n) is 5.82. The molecule has 2 aliphatic rings. The Labute approximate surface area is 234 Å². The number of halogens is 2. The molecule has 0 saturated carbocycles. The smallest absolute Gasteiger partial charge is 0.331 e. The Balaban J connectivity index is 1.52. The van der Waals surface area contributed by atoms with Gasteiger partial charge in [-0.25, -0.2) is 13.6 Å². The number of piperidine rings is 1. The minimum absolute atomic E-state index is 0.187. The average Bonchev–Trinajstić information content (AvgIpc) is 3.33. The van der Waals surface area contributed by atoms with Crippen LogP contribution in [0.1, 0.15) is 62.4 Å². The van der Waals surface area contributed by atoms with Gasteiger partial charge in [0.25, 0.3) is 5.91 Å². The number of esters is 1. The number of amides is 1. The van der Waals surface area contributed by atoms with Crippen LogP contribution in [-0.4, -0.2) is 72.8 Å². The van der Waals surface area contributed by atoms with Crippen LogP contribution in [-0.2, 0) is 9.53 Å². The Morgan fingerprint density at radius 2 is 1.88 bits per heavy atom. The van der Waals surface area contributed by atoms with Gasteiger partial charge >= 0.3 is 5.97 Å². The lowest BCUT2D eigenvalue weighted by atomic mass is 9.93. The minimum atomic E-state index is -1.22. The fraction of sp³-hybridized carbons (Fsp3) is 0.516. The maximum absolute atomic E-state index is 15.2. The summed E-state index contributed by atoms with van der Waals surface area (Å²) in [4.78, 5) is 29.7. The number of ether oxygens (including phenoxy) is 2. The molecule has 1 atom stereocenters. The van der Waals surface area contributed by atoms with Crippen molar-refractivity contribution in [3.8, 4) is 22.9 Å². The van der Waals surface area contributed by atoms with Crippen molar-refractivity contribution in [2.24, 2.45) is 5.92 Å². The van der Waals surface area contributed by atoms with E-state index in [1.54, 1.807) is 45.0 Å². The minimum Gasteiger partial charge on any atom is -0.493 e. The topological polar surface area (TPSA) is 82.9 Å². The van der Waals surface area contributed by atoms with Gasteiger partial charge in [0.2, 0.25) is 0 Å². The Hall–Kier alpha value is -3.51. The molecule has 2 aromatic rings. The quantitative estimate of drug-likeness (QED) is 0.409. The van der Waals surface area contributed by atoms with Gasteiger partial charge in [-0.2, -0.15) is 5.26 Å². The van der Waals surface area contributed by atoms with Gasteiger partial charge in [-0.05, 0) is 95.3 Å². The van der Waals surface area contributed by atoms with Crippen LogP contribution < -0.4 is 4.74 Å². The summed E-state index contributed by atoms with van der Waals surface area (Å²) in [7, 11) is 1.27. The predicted molar refractivity (Wildman–Crippen MR) is 147 cm³/mol. The first-order valence-electron chi connectivity index (χ1n) is 13.7. The van der Waals surface area contributed by atoms with Gasteiger partial charge in [0.15, 0.2) is 0 Å². The number of benzene rings is 2. The summed E-state index contributed by atoms with van der Waals surface area (Å²) >= 11 is 0. The molecule has 7 nitrogen and oxygen atoms in total. The number of hydrogen-bond acceptors (Lipinski definition) is 6. The molecule has 2 heterocycles. The van der Waals surface area contributed by atoms with E-state index in [9.17, 15) is 19.2 Å². The second-order valence-electron chi connectivity index (χ2n) is 11.6. The van der Waals surface area contributed by atoms with E-state index in [4.69, 9.17) is 9.47 Å². The highest BCUT2D eigenvalue weighted by atomic mass is 19.1. The fourth-order valence-corrected chi connectivity index (χ4v) is 5.82. The van der Waals surface area contributed by atoms with Gasteiger partial charge in [-0.1, -0.05) is 12.1 Å². The van der Waals surface area contributed by atoms with Gasteiger partial charge in [-0.15, -0.1) is 0 Å². The van der Waals surface area contributed by atoms with Crippen LogP contribution in [0.3, 0.4) is 0 Å². The van der Waals surface area contributed by atoms with Crippen molar-refractivity contribution in [2.45, 2.75) is 57.7 Å². The summed E-state index contributed by atoms with van der Waals surface area (Å²) in [6.07, 6.45) is 2.80. The normalized spacial score (nSPS) is 20.3. The number of methoxy groups -OCH3 is 1. The number of carbonyl (C=O) groups is 2. The number of likely N-dealkylation sites (tertiary alicyclic amines) is 2. The average molecular weight is 554 g/mol. The highest BCUT2D eigenvalue weighted by Crippen LogP contribution is 2.36. The van der Waals surface area contributed by atoms with Crippen molar-refractivity contribution in [1.82, 2.24) is 9.80 Å². The Morgan fingerprint density at radius 3 is 2.52 bits per heavy atom. The molecule has 40 heavy (non-hydrogen) atoms. The van der Waals surface area contributed by atoms with Crippen LogP contribution in [0.25, 0.3) is 11.1 Å². The monoisotopic (exact) mass is 553 g/mol. The van der Waals surface area contributed by atoms with Crippen molar-refractivity contribution in [3.63, 3.8) is 0 Å². The number of rotatable bonds is 8. The zero-order valence-electron chi connectivity index (χ0n) is 23.6. The molecule has 9 heteroatoms. The SMILES string of the molecule is COC(=O)[C@]1(C)CCCN1C(=O)c1c(F)cccc1-c1ccc(OCC2CCN(CC(C)(C)F)CC2)cc1C#N. The van der Waals surface area contributed by atoms with E-state index in [1.807, 2.05) is 0 Å². The molecule has 2 fully saturated rings. The standard InChI is InChI=1S/C31H37F2N3O4/c1-30(2,33)20-35-15-11-21(12-16-35)19-40-23-9-10-24(22(17-23)18-34)25-7-5-8-26(32)27(25)28(37)36-14-6-13-31(36,3)29(38)39-4/h5,7-10,17,21H,6,11-16,19-20H2,1-4H3/t31-/m0/s1. The first kappa shape index (κ1) is 29.5. The van der Waals surface area contributed by atoms with Gasteiger partial charge < -0.3 is 19.3 Å². The molecule has 0 radical (unpaired) electrons. The van der Waals surface area contributed by atoms with Crippen molar-refractivity contribution in [2.75, 3.05) is 39.9 Å². The van der Waals surface area contributed by atoms with Crippen LogP contribution in [0, 0.1) is 23.1 Å². The molecule has 214 valence electrons. The number of alkyl halides is 1. The maximum atomic E-state index is 15.2. The first-order valence-corrected chi connectivity index (χ1v) is 13.7. The number of hydrogen-bond donors (Lipinski definition) is 0. The molecule has 0 spiro atoms. The van der Waals surface area contributed by atoms with Gasteiger partial charge in [0, 0.05) is 18.7 Å².